The molecule has 1 amide bonds. The van der Waals surface area contributed by atoms with Gasteiger partial charge in [-0.15, -0.1) is 0 Å². The summed E-state index contributed by atoms with van der Waals surface area (Å²) < 4.78 is 5.61. The lowest BCUT2D eigenvalue weighted by molar-refractivity contribution is -0.118. The topological polar surface area (TPSA) is 51.2 Å². The van der Waals surface area contributed by atoms with E-state index < -0.39 is 0 Å². The van der Waals surface area contributed by atoms with Crippen LogP contribution in [0.25, 0.3) is 6.08 Å². The quantitative estimate of drug-likeness (QED) is 0.940. The Labute approximate surface area is 123 Å². The molecule has 0 aliphatic carbocycles. The molecule has 4 heteroatoms. The first kappa shape index (κ1) is 13.4. The van der Waals surface area contributed by atoms with E-state index in [1.54, 1.807) is 12.4 Å². The molecule has 3 rings (SSSR count). The Morgan fingerprint density at radius 1 is 1.24 bits per heavy atom. The Bertz CT molecular complexity index is 680. The van der Waals surface area contributed by atoms with E-state index in [4.69, 9.17) is 4.74 Å². The van der Waals surface area contributed by atoms with E-state index in [-0.39, 0.29) is 11.9 Å². The third-order valence-electron chi connectivity index (χ3n) is 3.48. The van der Waals surface area contributed by atoms with Gasteiger partial charge >= 0.3 is 0 Å². The van der Waals surface area contributed by atoms with Crippen molar-refractivity contribution in [2.24, 2.45) is 0 Å². The highest BCUT2D eigenvalue weighted by Gasteiger charge is 2.18. The van der Waals surface area contributed by atoms with Crippen LogP contribution in [0.3, 0.4) is 0 Å². The summed E-state index contributed by atoms with van der Waals surface area (Å²) >= 11 is 0. The number of rotatable bonds is 3. The molecule has 0 saturated heterocycles. The van der Waals surface area contributed by atoms with E-state index in [9.17, 15) is 4.79 Å². The predicted octanol–water partition coefficient (Wildman–Crippen LogP) is 2.73. The van der Waals surface area contributed by atoms with Gasteiger partial charge in [-0.1, -0.05) is 18.2 Å². The molecule has 0 radical (unpaired) electrons. The number of hydrogen-bond acceptors (Lipinski definition) is 3. The molecule has 0 fully saturated rings. The normalized spacial score (nSPS) is 14.4. The van der Waals surface area contributed by atoms with Crippen molar-refractivity contribution >= 4 is 12.0 Å². The van der Waals surface area contributed by atoms with Crippen LogP contribution in [-0.2, 0) is 4.79 Å². The fraction of sp³-hybridized carbons (Fsp3) is 0.176. The average Bonchev–Trinajstić information content (AvgIpc) is 2.55. The number of ether oxygens (including phenoxy) is 1. The SMILES string of the molecule is CC(NC(=O)C1=Cc2ccccc2OC1)c1ccncc1. The Morgan fingerprint density at radius 2 is 2.00 bits per heavy atom. The molecule has 0 bridgehead atoms. The van der Waals surface area contributed by atoms with Crippen LogP contribution in [0, 0.1) is 0 Å². The summed E-state index contributed by atoms with van der Waals surface area (Å²) in [5.74, 6) is 0.713. The number of benzene rings is 1. The van der Waals surface area contributed by atoms with Crippen molar-refractivity contribution in [2.45, 2.75) is 13.0 Å². The Balaban J connectivity index is 1.74. The summed E-state index contributed by atoms with van der Waals surface area (Å²) in [6.07, 6.45) is 5.32. The van der Waals surface area contributed by atoms with Crippen molar-refractivity contribution in [1.82, 2.24) is 10.3 Å². The molecule has 2 aromatic rings. The maximum atomic E-state index is 12.3. The molecule has 2 heterocycles. The standard InChI is InChI=1S/C17H16N2O2/c1-12(13-6-8-18-9-7-13)19-17(20)15-10-14-4-2-3-5-16(14)21-11-15/h2-10,12H,11H2,1H3,(H,19,20). The van der Waals surface area contributed by atoms with Gasteiger partial charge in [0.05, 0.1) is 11.6 Å². The van der Waals surface area contributed by atoms with Gasteiger partial charge in [0, 0.05) is 18.0 Å². The van der Waals surface area contributed by atoms with Crippen molar-refractivity contribution < 1.29 is 9.53 Å². The first-order chi connectivity index (χ1) is 10.2. The highest BCUT2D eigenvalue weighted by molar-refractivity contribution is 5.99. The Morgan fingerprint density at radius 3 is 2.81 bits per heavy atom. The number of nitrogens with one attached hydrogen (secondary N) is 1. The second-order valence-electron chi connectivity index (χ2n) is 4.97. The fourth-order valence-electron chi connectivity index (χ4n) is 2.27. The first-order valence-electron chi connectivity index (χ1n) is 6.87. The van der Waals surface area contributed by atoms with Gasteiger partial charge in [-0.05, 0) is 36.8 Å². The fourth-order valence-corrected chi connectivity index (χ4v) is 2.27. The van der Waals surface area contributed by atoms with Gasteiger partial charge in [0.2, 0.25) is 0 Å². The predicted molar refractivity (Wildman–Crippen MR) is 80.7 cm³/mol. The lowest BCUT2D eigenvalue weighted by atomic mass is 10.1. The second-order valence-corrected chi connectivity index (χ2v) is 4.97. The molecular formula is C17H16N2O2. The number of carbonyl (C=O) groups excluding carboxylic acids is 1. The third kappa shape index (κ3) is 2.94. The van der Waals surface area contributed by atoms with Gasteiger partial charge in [-0.25, -0.2) is 0 Å². The van der Waals surface area contributed by atoms with E-state index in [1.807, 2.05) is 49.4 Å². The molecule has 1 aliphatic rings. The number of hydrogen-bond donors (Lipinski definition) is 1. The van der Waals surface area contributed by atoms with Gasteiger partial charge in [-0.3, -0.25) is 9.78 Å². The van der Waals surface area contributed by atoms with E-state index in [0.29, 0.717) is 12.2 Å². The molecule has 21 heavy (non-hydrogen) atoms. The number of fused-ring (bicyclic) bond motifs is 1. The monoisotopic (exact) mass is 280 g/mol. The van der Waals surface area contributed by atoms with E-state index >= 15 is 0 Å². The van der Waals surface area contributed by atoms with Gasteiger partial charge in [-0.2, -0.15) is 0 Å². The van der Waals surface area contributed by atoms with Crippen molar-refractivity contribution in [3.8, 4) is 5.75 Å². The summed E-state index contributed by atoms with van der Waals surface area (Å²) in [4.78, 5) is 16.3. The molecule has 1 aromatic carbocycles. The summed E-state index contributed by atoms with van der Waals surface area (Å²) in [6.45, 7) is 2.25. The minimum absolute atomic E-state index is 0.0708. The van der Waals surface area contributed by atoms with Crippen LogP contribution in [0.4, 0.5) is 0 Å². The number of pyridine rings is 1. The average molecular weight is 280 g/mol. The van der Waals surface area contributed by atoms with E-state index in [2.05, 4.69) is 10.3 Å². The van der Waals surface area contributed by atoms with Crippen LogP contribution in [0.1, 0.15) is 24.1 Å². The number of aromatic nitrogens is 1. The summed E-state index contributed by atoms with van der Waals surface area (Å²) in [6, 6.07) is 11.4. The lowest BCUT2D eigenvalue weighted by Crippen LogP contribution is -2.30. The highest BCUT2D eigenvalue weighted by Crippen LogP contribution is 2.26. The van der Waals surface area contributed by atoms with Crippen molar-refractivity contribution in [3.05, 3.63) is 65.5 Å². The molecule has 0 spiro atoms. The lowest BCUT2D eigenvalue weighted by Gasteiger charge is -2.20. The molecule has 1 N–H and O–H groups in total. The molecule has 0 saturated carbocycles. The van der Waals surface area contributed by atoms with Crippen LogP contribution >= 0.6 is 0 Å². The van der Waals surface area contributed by atoms with Crippen LogP contribution in [0.5, 0.6) is 5.75 Å². The van der Waals surface area contributed by atoms with Crippen molar-refractivity contribution in [1.29, 1.82) is 0 Å². The van der Waals surface area contributed by atoms with Gasteiger partial charge in [0.15, 0.2) is 0 Å². The Hall–Kier alpha value is -2.62. The molecular weight excluding hydrogens is 264 g/mol. The van der Waals surface area contributed by atoms with Gasteiger partial charge < -0.3 is 10.1 Å². The molecule has 106 valence electrons. The van der Waals surface area contributed by atoms with Gasteiger partial charge in [0.25, 0.3) is 5.91 Å². The molecule has 4 nitrogen and oxygen atoms in total. The maximum absolute atomic E-state index is 12.3. The van der Waals surface area contributed by atoms with Crippen molar-refractivity contribution in [3.63, 3.8) is 0 Å². The molecule has 1 unspecified atom stereocenters. The third-order valence-corrected chi connectivity index (χ3v) is 3.48. The number of amides is 1. The smallest absolute Gasteiger partial charge is 0.251 e. The number of carbonyl (C=O) groups is 1. The summed E-state index contributed by atoms with van der Waals surface area (Å²) in [5.41, 5.74) is 2.59. The molecule has 1 aliphatic heterocycles. The summed E-state index contributed by atoms with van der Waals surface area (Å²) in [5, 5.41) is 2.98. The zero-order valence-corrected chi connectivity index (χ0v) is 11.7. The zero-order chi connectivity index (χ0) is 14.7. The zero-order valence-electron chi connectivity index (χ0n) is 11.7. The van der Waals surface area contributed by atoms with Crippen LogP contribution in [0.2, 0.25) is 0 Å². The minimum atomic E-state index is -0.103. The minimum Gasteiger partial charge on any atom is -0.488 e. The molecule has 1 atom stereocenters. The molecule has 1 aromatic heterocycles. The summed E-state index contributed by atoms with van der Waals surface area (Å²) in [7, 11) is 0. The first-order valence-corrected chi connectivity index (χ1v) is 6.87. The van der Waals surface area contributed by atoms with Crippen LogP contribution in [0.15, 0.2) is 54.4 Å². The van der Waals surface area contributed by atoms with Crippen LogP contribution in [-0.4, -0.2) is 17.5 Å². The van der Waals surface area contributed by atoms with E-state index in [0.717, 1.165) is 16.9 Å². The number of para-hydroxylation sites is 1. The van der Waals surface area contributed by atoms with Gasteiger partial charge in [0.1, 0.15) is 12.4 Å². The largest absolute Gasteiger partial charge is 0.488 e. The van der Waals surface area contributed by atoms with E-state index in [1.165, 1.54) is 0 Å². The second kappa shape index (κ2) is 5.79. The van der Waals surface area contributed by atoms with Crippen LogP contribution < -0.4 is 10.1 Å². The Kier molecular flexibility index (Phi) is 3.69. The maximum Gasteiger partial charge on any atom is 0.251 e. The highest BCUT2D eigenvalue weighted by atomic mass is 16.5. The number of nitrogens with zero attached hydrogens (tertiary/aromatic N) is 1. The van der Waals surface area contributed by atoms with Crippen molar-refractivity contribution in [2.75, 3.05) is 6.61 Å².